The molecule has 0 spiro atoms. The lowest BCUT2D eigenvalue weighted by molar-refractivity contribution is 0.475. The number of nitrogens with zero attached hydrogens (tertiary/aromatic N) is 1. The number of pyridine rings is 1. The molecule has 1 heterocycles. The fraction of sp³-hybridized carbons (Fsp3) is 0.250. The Balaban J connectivity index is 0.000000209. The van der Waals surface area contributed by atoms with Crippen molar-refractivity contribution in [1.82, 2.24) is 4.98 Å². The molecule has 0 aliphatic carbocycles. The van der Waals surface area contributed by atoms with Gasteiger partial charge >= 0.3 is 0 Å². The predicted octanol–water partition coefficient (Wildman–Crippen LogP) is 5.37. The number of aromatic nitrogens is 1. The molecule has 0 radical (unpaired) electrons. The van der Waals surface area contributed by atoms with E-state index in [1.807, 2.05) is 50.2 Å². The minimum absolute atomic E-state index is 0.246. The molecule has 0 unspecified atom stereocenters. The first kappa shape index (κ1) is 18.5. The second-order valence-corrected chi connectivity index (χ2v) is 5.34. The van der Waals surface area contributed by atoms with E-state index in [9.17, 15) is 5.11 Å². The van der Waals surface area contributed by atoms with Gasteiger partial charge in [0.15, 0.2) is 0 Å². The van der Waals surface area contributed by atoms with E-state index in [2.05, 4.69) is 18.8 Å². The average Bonchev–Trinajstić information content (AvgIpc) is 2.53. The highest BCUT2D eigenvalue weighted by molar-refractivity contribution is 5.84. The molecule has 122 valence electrons. The molecule has 0 fully saturated rings. The number of aromatic hydroxyl groups is 2. The van der Waals surface area contributed by atoms with Crippen LogP contribution in [0.5, 0.6) is 11.5 Å². The largest absolute Gasteiger partial charge is 0.508 e. The van der Waals surface area contributed by atoms with Crippen molar-refractivity contribution in [3.8, 4) is 11.5 Å². The fourth-order valence-electron chi connectivity index (χ4n) is 1.77. The van der Waals surface area contributed by atoms with E-state index in [1.165, 1.54) is 12.0 Å². The topological polar surface area (TPSA) is 53.4 Å². The first-order valence-corrected chi connectivity index (χ1v) is 7.78. The van der Waals surface area contributed by atoms with Crippen LogP contribution in [0.3, 0.4) is 0 Å². The Labute approximate surface area is 138 Å². The first-order chi connectivity index (χ1) is 11.0. The average molecular weight is 311 g/mol. The van der Waals surface area contributed by atoms with E-state index in [1.54, 1.807) is 18.2 Å². The van der Waals surface area contributed by atoms with Crippen LogP contribution in [-0.4, -0.2) is 15.2 Å². The van der Waals surface area contributed by atoms with Gasteiger partial charge in [-0.15, -0.1) is 0 Å². The molecule has 3 nitrogen and oxygen atoms in total. The molecule has 23 heavy (non-hydrogen) atoms. The van der Waals surface area contributed by atoms with Crippen LogP contribution >= 0.6 is 0 Å². The standard InChI is InChI=1S/C10H9NO.C7H8O.C3H8/c1-7-5-6-8-3-2-4-9(12)10(8)11-7;1-6-2-4-7(8)5-3-6;1-3-2/h2-6,12H,1H3;2-5,8H,1H3;3H2,1-2H3. The summed E-state index contributed by atoms with van der Waals surface area (Å²) < 4.78 is 0. The molecule has 2 aromatic carbocycles. The lowest BCUT2D eigenvalue weighted by Crippen LogP contribution is -1.82. The molecular weight excluding hydrogens is 286 g/mol. The minimum Gasteiger partial charge on any atom is -0.508 e. The second-order valence-electron chi connectivity index (χ2n) is 5.34. The van der Waals surface area contributed by atoms with Crippen LogP contribution in [0.25, 0.3) is 10.9 Å². The summed E-state index contributed by atoms with van der Waals surface area (Å²) in [5.41, 5.74) is 2.77. The summed E-state index contributed by atoms with van der Waals surface area (Å²) in [6.45, 7) is 8.14. The minimum atomic E-state index is 0.246. The van der Waals surface area contributed by atoms with Gasteiger partial charge in [0.25, 0.3) is 0 Å². The number of aryl methyl sites for hydroxylation is 2. The maximum atomic E-state index is 9.43. The van der Waals surface area contributed by atoms with E-state index < -0.39 is 0 Å². The van der Waals surface area contributed by atoms with Crippen molar-refractivity contribution in [2.45, 2.75) is 34.1 Å². The number of hydrogen-bond donors (Lipinski definition) is 2. The highest BCUT2D eigenvalue weighted by Crippen LogP contribution is 2.21. The van der Waals surface area contributed by atoms with Crippen LogP contribution < -0.4 is 0 Å². The number of para-hydroxylation sites is 1. The van der Waals surface area contributed by atoms with E-state index >= 15 is 0 Å². The SMILES string of the molecule is CCC.Cc1ccc(O)cc1.Cc1ccc2cccc(O)c2n1. The van der Waals surface area contributed by atoms with Crippen LogP contribution in [0.2, 0.25) is 0 Å². The highest BCUT2D eigenvalue weighted by Gasteiger charge is 1.98. The number of phenolic OH excluding ortho intramolecular Hbond substituents is 2. The molecule has 0 aliphatic heterocycles. The monoisotopic (exact) mass is 311 g/mol. The van der Waals surface area contributed by atoms with Crippen LogP contribution in [0.15, 0.2) is 54.6 Å². The third-order valence-electron chi connectivity index (χ3n) is 2.87. The van der Waals surface area contributed by atoms with Crippen molar-refractivity contribution in [1.29, 1.82) is 0 Å². The van der Waals surface area contributed by atoms with Crippen molar-refractivity contribution < 1.29 is 10.2 Å². The van der Waals surface area contributed by atoms with Crippen molar-refractivity contribution in [2.24, 2.45) is 0 Å². The zero-order valence-corrected chi connectivity index (χ0v) is 14.2. The molecule has 0 aliphatic rings. The molecule has 1 aromatic heterocycles. The Morgan fingerprint density at radius 2 is 1.43 bits per heavy atom. The van der Waals surface area contributed by atoms with Gasteiger partial charge in [0.05, 0.1) is 0 Å². The van der Waals surface area contributed by atoms with Crippen molar-refractivity contribution in [3.05, 3.63) is 65.9 Å². The molecular formula is C20H25NO2. The molecule has 0 saturated carbocycles. The normalized spacial score (nSPS) is 9.39. The van der Waals surface area contributed by atoms with Gasteiger partial charge in [-0.3, -0.25) is 0 Å². The second kappa shape index (κ2) is 9.46. The molecule has 3 rings (SSSR count). The Kier molecular flexibility index (Phi) is 7.61. The lowest BCUT2D eigenvalue weighted by atomic mass is 10.2. The quantitative estimate of drug-likeness (QED) is 0.587. The van der Waals surface area contributed by atoms with Gasteiger partial charge in [-0.05, 0) is 38.1 Å². The Hall–Kier alpha value is -2.55. The number of phenols is 2. The van der Waals surface area contributed by atoms with Gasteiger partial charge in [-0.1, -0.05) is 56.2 Å². The Morgan fingerprint density at radius 1 is 0.826 bits per heavy atom. The third-order valence-corrected chi connectivity index (χ3v) is 2.87. The number of rotatable bonds is 0. The molecule has 0 bridgehead atoms. The summed E-state index contributed by atoms with van der Waals surface area (Å²) in [7, 11) is 0. The van der Waals surface area contributed by atoms with E-state index in [4.69, 9.17) is 5.11 Å². The van der Waals surface area contributed by atoms with E-state index in [0.29, 0.717) is 11.3 Å². The smallest absolute Gasteiger partial charge is 0.141 e. The fourth-order valence-corrected chi connectivity index (χ4v) is 1.77. The molecule has 2 N–H and O–H groups in total. The van der Waals surface area contributed by atoms with Crippen molar-refractivity contribution in [2.75, 3.05) is 0 Å². The lowest BCUT2D eigenvalue weighted by Gasteiger charge is -1.99. The molecule has 0 saturated heterocycles. The maximum Gasteiger partial charge on any atom is 0.141 e. The van der Waals surface area contributed by atoms with E-state index in [0.717, 1.165) is 11.1 Å². The number of benzene rings is 2. The van der Waals surface area contributed by atoms with Gasteiger partial charge in [0, 0.05) is 11.1 Å². The van der Waals surface area contributed by atoms with Gasteiger partial charge in [0.1, 0.15) is 17.0 Å². The third kappa shape index (κ3) is 6.39. The zero-order valence-electron chi connectivity index (χ0n) is 14.2. The number of fused-ring (bicyclic) bond motifs is 1. The molecule has 0 atom stereocenters. The first-order valence-electron chi connectivity index (χ1n) is 7.78. The number of hydrogen-bond acceptors (Lipinski definition) is 3. The van der Waals surface area contributed by atoms with Crippen LogP contribution in [0.4, 0.5) is 0 Å². The van der Waals surface area contributed by atoms with Gasteiger partial charge in [-0.25, -0.2) is 4.98 Å². The maximum absolute atomic E-state index is 9.43. The summed E-state index contributed by atoms with van der Waals surface area (Å²) in [6.07, 6.45) is 1.25. The summed E-state index contributed by atoms with van der Waals surface area (Å²) in [5.74, 6) is 0.576. The summed E-state index contributed by atoms with van der Waals surface area (Å²) in [5, 5.41) is 19.2. The van der Waals surface area contributed by atoms with Gasteiger partial charge < -0.3 is 10.2 Å². The van der Waals surface area contributed by atoms with Crippen molar-refractivity contribution >= 4 is 10.9 Å². The predicted molar refractivity (Wildman–Crippen MR) is 97.0 cm³/mol. The molecule has 0 amide bonds. The summed E-state index contributed by atoms with van der Waals surface area (Å²) in [6, 6.07) is 16.4. The Bertz CT molecular complexity index is 700. The molecule has 3 heteroatoms. The van der Waals surface area contributed by atoms with Gasteiger partial charge in [0.2, 0.25) is 0 Å². The Morgan fingerprint density at radius 3 is 2.00 bits per heavy atom. The van der Waals surface area contributed by atoms with Crippen LogP contribution in [0, 0.1) is 13.8 Å². The van der Waals surface area contributed by atoms with Crippen LogP contribution in [0.1, 0.15) is 31.5 Å². The van der Waals surface area contributed by atoms with Gasteiger partial charge in [-0.2, -0.15) is 0 Å². The summed E-state index contributed by atoms with van der Waals surface area (Å²) >= 11 is 0. The molecule has 3 aromatic rings. The summed E-state index contributed by atoms with van der Waals surface area (Å²) in [4.78, 5) is 4.23. The van der Waals surface area contributed by atoms with E-state index in [-0.39, 0.29) is 5.75 Å². The van der Waals surface area contributed by atoms with Crippen LogP contribution in [-0.2, 0) is 0 Å². The zero-order chi connectivity index (χ0) is 17.2. The van der Waals surface area contributed by atoms with Crippen molar-refractivity contribution in [3.63, 3.8) is 0 Å². The highest BCUT2D eigenvalue weighted by atomic mass is 16.3.